The van der Waals surface area contributed by atoms with Gasteiger partial charge in [-0.2, -0.15) is 0 Å². The third-order valence-corrected chi connectivity index (χ3v) is 5.76. The monoisotopic (exact) mass is 381 g/mol. The minimum absolute atomic E-state index is 0.265. The molecule has 3 rings (SSSR count). The van der Waals surface area contributed by atoms with Crippen molar-refractivity contribution in [1.82, 2.24) is 0 Å². The topological polar surface area (TPSA) is 66.4 Å². The molecule has 0 unspecified atom stereocenters. The van der Waals surface area contributed by atoms with Gasteiger partial charge in [0.2, 0.25) is 5.91 Å². The molecule has 1 aliphatic heterocycles. The summed E-state index contributed by atoms with van der Waals surface area (Å²) >= 11 is 13.7. The van der Waals surface area contributed by atoms with Gasteiger partial charge in [0.1, 0.15) is 0 Å². The number of thioether (sulfide) groups is 1. The van der Waals surface area contributed by atoms with Crippen LogP contribution < -0.4 is 5.32 Å². The van der Waals surface area contributed by atoms with Crippen LogP contribution in [0.25, 0.3) is 0 Å². The molecule has 1 amide bonds. The van der Waals surface area contributed by atoms with E-state index in [-0.39, 0.29) is 17.6 Å². The van der Waals surface area contributed by atoms with Crippen LogP contribution in [0.1, 0.15) is 22.8 Å². The van der Waals surface area contributed by atoms with Gasteiger partial charge in [0.25, 0.3) is 0 Å². The van der Waals surface area contributed by atoms with Crippen LogP contribution in [0.3, 0.4) is 0 Å². The lowest BCUT2D eigenvalue weighted by molar-refractivity contribution is -0.138. The number of halogens is 2. The summed E-state index contributed by atoms with van der Waals surface area (Å²) in [6.07, 6.45) is -0.265. The van der Waals surface area contributed by atoms with Crippen molar-refractivity contribution in [2.24, 2.45) is 0 Å². The van der Waals surface area contributed by atoms with Crippen LogP contribution in [0.4, 0.5) is 5.69 Å². The summed E-state index contributed by atoms with van der Waals surface area (Å²) in [6, 6.07) is 12.5. The first-order valence-electron chi connectivity index (χ1n) is 7.17. The molecule has 0 saturated carbocycles. The maximum Gasteiger partial charge on any atom is 0.305 e. The van der Waals surface area contributed by atoms with Crippen molar-refractivity contribution in [3.05, 3.63) is 63.6 Å². The van der Waals surface area contributed by atoms with Crippen LogP contribution in [-0.4, -0.2) is 22.2 Å². The number of anilines is 1. The maximum atomic E-state index is 12.4. The van der Waals surface area contributed by atoms with E-state index in [1.54, 1.807) is 24.3 Å². The van der Waals surface area contributed by atoms with Gasteiger partial charge in [-0.1, -0.05) is 41.4 Å². The fraction of sp³-hybridized carbons (Fsp3) is 0.176. The zero-order chi connectivity index (χ0) is 17.3. The van der Waals surface area contributed by atoms with Crippen molar-refractivity contribution < 1.29 is 14.7 Å². The van der Waals surface area contributed by atoms with E-state index in [0.29, 0.717) is 15.7 Å². The van der Waals surface area contributed by atoms with E-state index in [0.717, 1.165) is 11.1 Å². The summed E-state index contributed by atoms with van der Waals surface area (Å²) in [5.74, 6) is -1.36. The van der Waals surface area contributed by atoms with E-state index in [1.165, 1.54) is 11.8 Å². The van der Waals surface area contributed by atoms with Crippen molar-refractivity contribution in [1.29, 1.82) is 0 Å². The van der Waals surface area contributed by atoms with Crippen LogP contribution in [0.2, 0.25) is 10.0 Å². The summed E-state index contributed by atoms with van der Waals surface area (Å²) in [6.45, 7) is 0. The second-order valence-corrected chi connectivity index (χ2v) is 7.50. The van der Waals surface area contributed by atoms with Crippen LogP contribution in [-0.2, 0) is 9.59 Å². The number of fused-ring (bicyclic) bond motifs is 1. The summed E-state index contributed by atoms with van der Waals surface area (Å²) in [4.78, 5) is 23.5. The lowest BCUT2D eigenvalue weighted by Crippen LogP contribution is -2.26. The van der Waals surface area contributed by atoms with Gasteiger partial charge in [-0.3, -0.25) is 9.59 Å². The number of carbonyl (C=O) groups excluding carboxylic acids is 1. The number of carbonyl (C=O) groups is 2. The molecule has 0 aliphatic carbocycles. The molecule has 1 heterocycles. The minimum atomic E-state index is -1.02. The lowest BCUT2D eigenvalue weighted by atomic mass is 10.0. The van der Waals surface area contributed by atoms with E-state index in [1.807, 2.05) is 18.2 Å². The molecule has 124 valence electrons. The Hall–Kier alpha value is -1.69. The fourth-order valence-corrected chi connectivity index (χ4v) is 4.54. The molecule has 2 N–H and O–H groups in total. The summed E-state index contributed by atoms with van der Waals surface area (Å²) in [5.41, 5.74) is 2.25. The Morgan fingerprint density at radius 2 is 1.92 bits per heavy atom. The van der Waals surface area contributed by atoms with Crippen LogP contribution in [0.5, 0.6) is 0 Å². The van der Waals surface area contributed by atoms with E-state index >= 15 is 0 Å². The number of amides is 1. The number of carboxylic acids is 1. The van der Waals surface area contributed by atoms with E-state index < -0.39 is 11.2 Å². The predicted molar refractivity (Wildman–Crippen MR) is 97.0 cm³/mol. The average Bonchev–Trinajstić information content (AvgIpc) is 2.65. The summed E-state index contributed by atoms with van der Waals surface area (Å²) in [5, 5.41) is 12.0. The van der Waals surface area contributed by atoms with E-state index in [4.69, 9.17) is 28.3 Å². The standard InChI is InChI=1S/C17H13Cl2NO3S/c18-9-5-6-13-11(7-9)16(10-3-1-2-4-12(10)19)24-14(8-15(21)22)17(23)20-13/h1-7,14,16H,8H2,(H,20,23)(H,21,22)/t14-,16-/m1/s1. The minimum Gasteiger partial charge on any atom is -0.481 e. The Morgan fingerprint density at radius 3 is 2.62 bits per heavy atom. The first kappa shape index (κ1) is 17.1. The molecule has 0 aromatic heterocycles. The Morgan fingerprint density at radius 1 is 1.17 bits per heavy atom. The van der Waals surface area contributed by atoms with Gasteiger partial charge < -0.3 is 10.4 Å². The smallest absolute Gasteiger partial charge is 0.305 e. The third kappa shape index (κ3) is 3.53. The molecule has 0 fully saturated rings. The summed E-state index contributed by atoms with van der Waals surface area (Å²) in [7, 11) is 0. The number of hydrogen-bond acceptors (Lipinski definition) is 3. The first-order valence-corrected chi connectivity index (χ1v) is 8.87. The molecule has 0 spiro atoms. The second-order valence-electron chi connectivity index (χ2n) is 5.34. The molecule has 4 nitrogen and oxygen atoms in total. The third-order valence-electron chi connectivity index (χ3n) is 3.69. The number of hydrogen-bond donors (Lipinski definition) is 2. The fourth-order valence-electron chi connectivity index (χ4n) is 2.60. The van der Waals surface area contributed by atoms with Gasteiger partial charge >= 0.3 is 5.97 Å². The van der Waals surface area contributed by atoms with Crippen LogP contribution in [0.15, 0.2) is 42.5 Å². The second kappa shape index (κ2) is 7.05. The molecule has 0 radical (unpaired) electrons. The zero-order valence-corrected chi connectivity index (χ0v) is 14.7. The highest BCUT2D eigenvalue weighted by Gasteiger charge is 2.33. The zero-order valence-electron chi connectivity index (χ0n) is 12.3. The largest absolute Gasteiger partial charge is 0.481 e. The highest BCUT2D eigenvalue weighted by molar-refractivity contribution is 8.01. The predicted octanol–water partition coefficient (Wildman–Crippen LogP) is 4.61. The van der Waals surface area contributed by atoms with Crippen LogP contribution >= 0.6 is 35.0 Å². The van der Waals surface area contributed by atoms with Crippen LogP contribution in [0, 0.1) is 0 Å². The molecule has 7 heteroatoms. The highest BCUT2D eigenvalue weighted by Crippen LogP contribution is 2.47. The normalized spacial score (nSPS) is 20.0. The lowest BCUT2D eigenvalue weighted by Gasteiger charge is -2.20. The number of nitrogens with one attached hydrogen (secondary N) is 1. The van der Waals surface area contributed by atoms with E-state index in [9.17, 15) is 9.59 Å². The molecule has 1 aliphatic rings. The van der Waals surface area contributed by atoms with Crippen molar-refractivity contribution in [3.63, 3.8) is 0 Å². The van der Waals surface area contributed by atoms with Crippen molar-refractivity contribution in [2.75, 3.05) is 5.32 Å². The van der Waals surface area contributed by atoms with E-state index in [2.05, 4.69) is 5.32 Å². The molecule has 2 aromatic rings. The molecule has 0 saturated heterocycles. The summed E-state index contributed by atoms with van der Waals surface area (Å²) < 4.78 is 0. The highest BCUT2D eigenvalue weighted by atomic mass is 35.5. The number of rotatable bonds is 3. The SMILES string of the molecule is O=C(O)C[C@H]1S[C@H](c2ccccc2Cl)c2cc(Cl)ccc2NC1=O. The quantitative estimate of drug-likeness (QED) is 0.814. The maximum absolute atomic E-state index is 12.4. The molecular formula is C17H13Cl2NO3S. The Kier molecular flexibility index (Phi) is 5.04. The molecule has 0 bridgehead atoms. The molecular weight excluding hydrogens is 369 g/mol. The van der Waals surface area contributed by atoms with Gasteiger partial charge in [0, 0.05) is 15.7 Å². The van der Waals surface area contributed by atoms with Gasteiger partial charge in [-0.05, 0) is 35.4 Å². The van der Waals surface area contributed by atoms with Gasteiger partial charge in [-0.25, -0.2) is 0 Å². The number of benzene rings is 2. The Bertz CT molecular complexity index is 812. The van der Waals surface area contributed by atoms with Gasteiger partial charge in [0.15, 0.2) is 0 Å². The number of carboxylic acid groups (broad SMARTS) is 1. The molecule has 2 atom stereocenters. The Labute approximate surface area is 153 Å². The van der Waals surface area contributed by atoms with Crippen molar-refractivity contribution in [2.45, 2.75) is 16.9 Å². The van der Waals surface area contributed by atoms with Crippen molar-refractivity contribution >= 4 is 52.5 Å². The van der Waals surface area contributed by atoms with Gasteiger partial charge in [-0.15, -0.1) is 11.8 Å². The molecule has 24 heavy (non-hydrogen) atoms. The molecule has 2 aromatic carbocycles. The average molecular weight is 382 g/mol. The first-order chi connectivity index (χ1) is 11.5. The van der Waals surface area contributed by atoms with Crippen molar-refractivity contribution in [3.8, 4) is 0 Å². The van der Waals surface area contributed by atoms with Gasteiger partial charge in [0.05, 0.1) is 16.9 Å². The Balaban J connectivity index is 2.12. The number of aliphatic carboxylic acids is 1.